The minimum atomic E-state index is -3.04. The Morgan fingerprint density at radius 3 is 2.37 bits per heavy atom. The van der Waals surface area contributed by atoms with E-state index in [4.69, 9.17) is 29.2 Å². The number of nitrogens with zero attached hydrogens (tertiary/aromatic N) is 6. The van der Waals surface area contributed by atoms with Gasteiger partial charge < -0.3 is 18.6 Å². The summed E-state index contributed by atoms with van der Waals surface area (Å²) >= 11 is -1.38. The van der Waals surface area contributed by atoms with Crippen molar-refractivity contribution < 1.29 is 27.3 Å². The number of aromatic nitrogens is 5. The molecule has 2 bridgehead atoms. The van der Waals surface area contributed by atoms with E-state index < -0.39 is 48.1 Å². The lowest BCUT2D eigenvalue weighted by molar-refractivity contribution is -0.0725. The van der Waals surface area contributed by atoms with Gasteiger partial charge in [0.25, 0.3) is 5.91 Å². The van der Waals surface area contributed by atoms with Gasteiger partial charge in [0.05, 0.1) is 23.0 Å². The van der Waals surface area contributed by atoms with Crippen LogP contribution in [0.4, 0.5) is 8.78 Å². The molecular formula is C37H47F2N7O4SSi. The summed E-state index contributed by atoms with van der Waals surface area (Å²) in [5.41, 5.74) is 2.86. The van der Waals surface area contributed by atoms with Crippen LogP contribution in [0.5, 0.6) is 5.75 Å². The first kappa shape index (κ1) is 36.8. The normalized spacial score (nSPS) is 25.2. The number of hydrogen-bond donors (Lipinski definition) is 1. The van der Waals surface area contributed by atoms with Crippen LogP contribution in [-0.2, 0) is 21.3 Å². The second kappa shape index (κ2) is 12.3. The maximum Gasteiger partial charge on any atom is 0.387 e. The van der Waals surface area contributed by atoms with E-state index >= 15 is 0 Å². The molecule has 1 amide bonds. The molecule has 4 heterocycles. The summed E-state index contributed by atoms with van der Waals surface area (Å²) < 4.78 is 57.0. The van der Waals surface area contributed by atoms with Gasteiger partial charge in [0.1, 0.15) is 16.0 Å². The number of benzene rings is 1. The molecule has 1 fully saturated rings. The van der Waals surface area contributed by atoms with E-state index in [2.05, 4.69) is 45.5 Å². The van der Waals surface area contributed by atoms with Gasteiger partial charge in [-0.1, -0.05) is 26.8 Å². The molecule has 1 saturated carbocycles. The van der Waals surface area contributed by atoms with Crippen LogP contribution in [0.3, 0.4) is 0 Å². The minimum Gasteiger partial charge on any atom is -0.598 e. The first-order chi connectivity index (χ1) is 24.1. The van der Waals surface area contributed by atoms with Crippen LogP contribution in [-0.4, -0.2) is 72.3 Å². The molecule has 3 aliphatic rings. The molecule has 278 valence electrons. The summed E-state index contributed by atoms with van der Waals surface area (Å²) in [6.07, 6.45) is 6.86. The largest absolute Gasteiger partial charge is 0.598 e. The number of carbonyl (C=O) groups is 1. The van der Waals surface area contributed by atoms with E-state index in [1.807, 2.05) is 26.8 Å². The Morgan fingerprint density at radius 2 is 1.75 bits per heavy atom. The van der Waals surface area contributed by atoms with Crippen LogP contribution in [0, 0.1) is 0 Å². The second-order valence-electron chi connectivity index (χ2n) is 17.2. The summed E-state index contributed by atoms with van der Waals surface area (Å²) in [6, 6.07) is 6.15. The quantitative estimate of drug-likeness (QED) is 0.146. The molecule has 1 aromatic carbocycles. The number of halogens is 2. The molecule has 1 unspecified atom stereocenters. The number of alkyl halides is 2. The number of hydrogen-bond acceptors (Lipinski definition) is 9. The molecule has 2 aliphatic carbocycles. The molecular weight excluding hydrogens is 705 g/mol. The molecule has 3 aromatic heterocycles. The van der Waals surface area contributed by atoms with Crippen LogP contribution in [0.2, 0.25) is 18.1 Å². The lowest BCUT2D eigenvalue weighted by Gasteiger charge is -2.56. The van der Waals surface area contributed by atoms with Crippen LogP contribution in [0.15, 0.2) is 42.9 Å². The fourth-order valence-electron chi connectivity index (χ4n) is 7.76. The van der Waals surface area contributed by atoms with Gasteiger partial charge >= 0.3 is 6.61 Å². The van der Waals surface area contributed by atoms with Crippen LogP contribution in [0.1, 0.15) is 113 Å². The Morgan fingerprint density at radius 1 is 1.08 bits per heavy atom. The van der Waals surface area contributed by atoms with Gasteiger partial charge in [-0.25, -0.2) is 19.5 Å². The Bertz CT molecular complexity index is 2040. The molecule has 0 saturated heterocycles. The number of ether oxygens (including phenoxy) is 1. The lowest BCUT2D eigenvalue weighted by Crippen LogP contribution is -2.67. The second-order valence-corrected chi connectivity index (χ2v) is 23.9. The first-order valence-corrected chi connectivity index (χ1v) is 21.7. The monoisotopic (exact) mass is 751 g/mol. The van der Waals surface area contributed by atoms with E-state index in [9.17, 15) is 18.1 Å². The number of fused-ring (bicyclic) bond motifs is 9. The van der Waals surface area contributed by atoms with E-state index in [1.54, 1.807) is 47.2 Å². The van der Waals surface area contributed by atoms with Gasteiger partial charge in [-0.2, -0.15) is 13.9 Å². The van der Waals surface area contributed by atoms with Crippen molar-refractivity contribution in [2.24, 2.45) is 0 Å². The predicted octanol–water partition coefficient (Wildman–Crippen LogP) is 7.27. The molecule has 1 N–H and O–H groups in total. The number of amides is 1. The zero-order chi connectivity index (χ0) is 37.8. The highest BCUT2D eigenvalue weighted by atomic mass is 32.2. The molecule has 15 heteroatoms. The third kappa shape index (κ3) is 6.11. The van der Waals surface area contributed by atoms with Crippen molar-refractivity contribution in [3.8, 4) is 17.0 Å². The summed E-state index contributed by atoms with van der Waals surface area (Å²) in [7, 11) is -0.387. The molecule has 0 spiro atoms. The van der Waals surface area contributed by atoms with Crippen molar-refractivity contribution in [2.75, 3.05) is 7.05 Å². The van der Waals surface area contributed by atoms with Crippen LogP contribution >= 0.6 is 0 Å². The van der Waals surface area contributed by atoms with Gasteiger partial charge in [0, 0.05) is 78.0 Å². The molecule has 4 aromatic rings. The van der Waals surface area contributed by atoms with Crippen molar-refractivity contribution in [1.29, 1.82) is 0 Å². The predicted molar refractivity (Wildman–Crippen MR) is 197 cm³/mol. The Balaban J connectivity index is 1.24. The van der Waals surface area contributed by atoms with E-state index in [0.29, 0.717) is 58.8 Å². The van der Waals surface area contributed by atoms with Gasteiger partial charge in [-0.3, -0.25) is 4.79 Å². The summed E-state index contributed by atoms with van der Waals surface area (Å²) in [5.74, 6) is -0.192. The third-order valence-electron chi connectivity index (χ3n) is 11.2. The molecule has 1 aliphatic heterocycles. The van der Waals surface area contributed by atoms with Crippen molar-refractivity contribution in [3.05, 3.63) is 71.1 Å². The molecule has 0 radical (unpaired) electrons. The van der Waals surface area contributed by atoms with Crippen molar-refractivity contribution in [3.63, 3.8) is 0 Å². The highest BCUT2D eigenvalue weighted by Gasteiger charge is 2.61. The average Bonchev–Trinajstić information content (AvgIpc) is 3.55. The van der Waals surface area contributed by atoms with Crippen LogP contribution in [0.25, 0.3) is 16.9 Å². The maximum absolute atomic E-state index is 13.5. The minimum absolute atomic E-state index is 0.0241. The highest BCUT2D eigenvalue weighted by Crippen LogP contribution is 2.55. The fraction of sp³-hybridized carbons (Fsp3) is 0.541. The van der Waals surface area contributed by atoms with E-state index in [-0.39, 0.29) is 22.7 Å². The van der Waals surface area contributed by atoms with Crippen molar-refractivity contribution in [2.45, 2.75) is 120 Å². The molecule has 52 heavy (non-hydrogen) atoms. The van der Waals surface area contributed by atoms with Crippen molar-refractivity contribution in [1.82, 2.24) is 34.2 Å². The standard InChI is InChI=1S/C37H47F2N7O4SSi/c1-34(2,3)51(48)44-37(19-36(7,20-37)50-52(9,10)35(4,5)6)32-40-17-21(18-41-32)24-14-15-46-30(42-24)28-23-16-25(29(28)43-46)45(8)31(47)22-12-11-13-26(27(22)23)49-33(38)39/h11-15,17-18,23,25,33,44H,16,19-20H2,1-10H3/t23-,25-,36?,37?,51?/m1/s1. The fourth-order valence-corrected chi connectivity index (χ4v) is 10.3. The first-order valence-electron chi connectivity index (χ1n) is 17.6. The number of carbonyl (C=O) groups excluding carboxylic acids is 1. The molecule has 11 nitrogen and oxygen atoms in total. The van der Waals surface area contributed by atoms with Crippen molar-refractivity contribution >= 4 is 31.2 Å². The Kier molecular flexibility index (Phi) is 8.69. The Labute approximate surface area is 307 Å². The number of nitrogens with one attached hydrogen (secondary N) is 1. The lowest BCUT2D eigenvalue weighted by atomic mass is 9.66. The zero-order valence-corrected chi connectivity index (χ0v) is 33.2. The third-order valence-corrected chi connectivity index (χ3v) is 17.5. The van der Waals surface area contributed by atoms with E-state index in [0.717, 1.165) is 5.56 Å². The Hall–Kier alpha value is -3.50. The maximum atomic E-state index is 13.5. The summed E-state index contributed by atoms with van der Waals surface area (Å²) in [4.78, 5) is 29.8. The molecule has 3 atom stereocenters. The zero-order valence-electron chi connectivity index (χ0n) is 31.4. The topological polar surface area (TPSA) is 130 Å². The average molecular weight is 752 g/mol. The summed E-state index contributed by atoms with van der Waals surface area (Å²) in [6.45, 7) is 16.0. The van der Waals surface area contributed by atoms with Gasteiger partial charge in [-0.15, -0.1) is 4.72 Å². The smallest absolute Gasteiger partial charge is 0.387 e. The molecule has 7 rings (SSSR count). The van der Waals surface area contributed by atoms with Gasteiger partial charge in [-0.05, 0) is 70.4 Å². The van der Waals surface area contributed by atoms with Crippen LogP contribution < -0.4 is 9.46 Å². The van der Waals surface area contributed by atoms with E-state index in [1.165, 1.54) is 6.07 Å². The summed E-state index contributed by atoms with van der Waals surface area (Å²) in [5, 5.41) is 4.86. The number of rotatable bonds is 8. The van der Waals surface area contributed by atoms with Gasteiger partial charge in [0.15, 0.2) is 19.8 Å². The highest BCUT2D eigenvalue weighted by molar-refractivity contribution is 7.90. The van der Waals surface area contributed by atoms with Gasteiger partial charge in [0.2, 0.25) is 0 Å². The SMILES string of the molecule is CN1C(=O)c2cccc(OC(F)F)c2[C@H]2C[C@@H]1c1nn3ccc(-c4cnc(C5(N[S+]([O-])C(C)(C)C)CC(C)(O[Si](C)(C)C(C)(C)C)C5)nc4)nc3c12.